The fourth-order valence-electron chi connectivity index (χ4n) is 2.32. The molecule has 2 aliphatic rings. The zero-order valence-corrected chi connectivity index (χ0v) is 10.9. The van der Waals surface area contributed by atoms with Gasteiger partial charge in [-0.25, -0.2) is 0 Å². The first-order valence-corrected chi connectivity index (χ1v) is 6.59. The van der Waals surface area contributed by atoms with E-state index in [0.717, 1.165) is 31.0 Å². The van der Waals surface area contributed by atoms with Gasteiger partial charge in [-0.05, 0) is 30.7 Å². The minimum atomic E-state index is -0.0606. The average Bonchev–Trinajstić information content (AvgIpc) is 2.84. The van der Waals surface area contributed by atoms with Crippen molar-refractivity contribution in [3.63, 3.8) is 0 Å². The molecule has 0 aliphatic carbocycles. The quantitative estimate of drug-likeness (QED) is 0.736. The molecule has 0 spiro atoms. The lowest BCUT2D eigenvalue weighted by molar-refractivity contribution is -0.134. The van der Waals surface area contributed by atoms with Crippen LogP contribution in [0.15, 0.2) is 18.2 Å². The molecule has 5 heteroatoms. The molecule has 0 aromatic heterocycles. The normalized spacial score (nSPS) is 19.2. The zero-order valence-electron chi connectivity index (χ0n) is 10.9. The van der Waals surface area contributed by atoms with Gasteiger partial charge in [0, 0.05) is 6.54 Å². The van der Waals surface area contributed by atoms with Crippen LogP contribution < -0.4 is 14.8 Å². The van der Waals surface area contributed by atoms with Crippen LogP contribution in [-0.4, -0.2) is 44.8 Å². The molecular formula is C14H19NO4. The molecular weight excluding hydrogens is 246 g/mol. The minimum Gasteiger partial charge on any atom is -0.454 e. The first kappa shape index (κ1) is 12.7. The van der Waals surface area contributed by atoms with E-state index in [0.29, 0.717) is 20.0 Å². The molecule has 0 amide bonds. The summed E-state index contributed by atoms with van der Waals surface area (Å²) in [6.45, 7) is 3.48. The van der Waals surface area contributed by atoms with Crippen molar-refractivity contribution in [2.45, 2.75) is 6.42 Å². The van der Waals surface area contributed by atoms with Gasteiger partial charge >= 0.3 is 0 Å². The van der Waals surface area contributed by atoms with Crippen LogP contribution in [0.2, 0.25) is 0 Å². The van der Waals surface area contributed by atoms with Gasteiger partial charge in [0.1, 0.15) is 0 Å². The molecule has 3 rings (SSSR count). The highest BCUT2D eigenvalue weighted by Crippen LogP contribution is 2.32. The molecule has 1 fully saturated rings. The Bertz CT molecular complexity index is 440. The standard InChI is InChI=1S/C14H19NO4/c16-7-14(8-17-9-14)6-15-4-3-11-1-2-12-13(5-11)19-10-18-12/h1-2,5,15-16H,3-4,6-10H2. The Morgan fingerprint density at radius 2 is 2.05 bits per heavy atom. The third-order valence-corrected chi connectivity index (χ3v) is 3.68. The van der Waals surface area contributed by atoms with E-state index in [-0.39, 0.29) is 12.0 Å². The second-order valence-corrected chi connectivity index (χ2v) is 5.27. The molecule has 0 unspecified atom stereocenters. The number of ether oxygens (including phenoxy) is 3. The molecule has 5 nitrogen and oxygen atoms in total. The fraction of sp³-hybridized carbons (Fsp3) is 0.571. The van der Waals surface area contributed by atoms with Gasteiger partial charge in [0.2, 0.25) is 6.79 Å². The smallest absolute Gasteiger partial charge is 0.231 e. The number of nitrogens with one attached hydrogen (secondary N) is 1. The largest absolute Gasteiger partial charge is 0.454 e. The summed E-state index contributed by atoms with van der Waals surface area (Å²) in [4.78, 5) is 0. The van der Waals surface area contributed by atoms with E-state index < -0.39 is 0 Å². The molecule has 1 aromatic rings. The van der Waals surface area contributed by atoms with E-state index in [4.69, 9.17) is 14.2 Å². The maximum absolute atomic E-state index is 9.31. The third kappa shape index (κ3) is 2.68. The second kappa shape index (κ2) is 5.36. The molecule has 1 saturated heterocycles. The van der Waals surface area contributed by atoms with E-state index in [2.05, 4.69) is 11.4 Å². The predicted octanol–water partition coefficient (Wildman–Crippen LogP) is 0.556. The van der Waals surface area contributed by atoms with Crippen molar-refractivity contribution in [2.24, 2.45) is 5.41 Å². The number of aliphatic hydroxyl groups excluding tert-OH is 1. The molecule has 104 valence electrons. The van der Waals surface area contributed by atoms with Crippen LogP contribution in [0, 0.1) is 5.41 Å². The lowest BCUT2D eigenvalue weighted by Gasteiger charge is -2.40. The summed E-state index contributed by atoms with van der Waals surface area (Å²) >= 11 is 0. The number of hydrogen-bond acceptors (Lipinski definition) is 5. The van der Waals surface area contributed by atoms with Gasteiger partial charge in [0.05, 0.1) is 25.2 Å². The van der Waals surface area contributed by atoms with E-state index in [1.165, 1.54) is 5.56 Å². The highest BCUT2D eigenvalue weighted by Gasteiger charge is 2.37. The molecule has 2 aliphatic heterocycles. The van der Waals surface area contributed by atoms with Crippen molar-refractivity contribution in [1.29, 1.82) is 0 Å². The number of aliphatic hydroxyl groups is 1. The maximum Gasteiger partial charge on any atom is 0.231 e. The van der Waals surface area contributed by atoms with Crippen LogP contribution in [0.3, 0.4) is 0 Å². The Balaban J connectivity index is 1.45. The van der Waals surface area contributed by atoms with Crippen LogP contribution in [-0.2, 0) is 11.2 Å². The fourth-order valence-corrected chi connectivity index (χ4v) is 2.32. The third-order valence-electron chi connectivity index (χ3n) is 3.68. The number of rotatable bonds is 6. The SMILES string of the molecule is OCC1(CNCCc2ccc3c(c2)OCO3)COC1. The number of fused-ring (bicyclic) bond motifs is 1. The number of benzene rings is 1. The van der Waals surface area contributed by atoms with E-state index in [1.807, 2.05) is 12.1 Å². The van der Waals surface area contributed by atoms with Gasteiger partial charge in [-0.1, -0.05) is 6.07 Å². The highest BCUT2D eigenvalue weighted by atomic mass is 16.7. The molecule has 2 heterocycles. The molecule has 19 heavy (non-hydrogen) atoms. The highest BCUT2D eigenvalue weighted by molar-refractivity contribution is 5.44. The molecule has 0 radical (unpaired) electrons. The summed E-state index contributed by atoms with van der Waals surface area (Å²) in [5, 5.41) is 12.7. The first-order chi connectivity index (χ1) is 9.31. The summed E-state index contributed by atoms with van der Waals surface area (Å²) in [6, 6.07) is 6.04. The second-order valence-electron chi connectivity index (χ2n) is 5.27. The Labute approximate surface area is 112 Å². The maximum atomic E-state index is 9.31. The summed E-state index contributed by atoms with van der Waals surface area (Å²) in [7, 11) is 0. The van der Waals surface area contributed by atoms with Gasteiger partial charge in [0.15, 0.2) is 11.5 Å². The average molecular weight is 265 g/mol. The topological polar surface area (TPSA) is 60.0 Å². The Hall–Kier alpha value is -1.30. The van der Waals surface area contributed by atoms with Crippen LogP contribution in [0.25, 0.3) is 0 Å². The summed E-state index contributed by atoms with van der Waals surface area (Å²) < 4.78 is 15.8. The summed E-state index contributed by atoms with van der Waals surface area (Å²) in [5.41, 5.74) is 1.16. The van der Waals surface area contributed by atoms with Crippen molar-refractivity contribution in [1.82, 2.24) is 5.32 Å². The zero-order chi connectivity index (χ0) is 13.1. The summed E-state index contributed by atoms with van der Waals surface area (Å²) in [6.07, 6.45) is 0.930. The Morgan fingerprint density at radius 1 is 1.21 bits per heavy atom. The molecule has 0 saturated carbocycles. The van der Waals surface area contributed by atoms with Gasteiger partial charge < -0.3 is 24.6 Å². The Morgan fingerprint density at radius 3 is 2.79 bits per heavy atom. The van der Waals surface area contributed by atoms with Crippen molar-refractivity contribution in [2.75, 3.05) is 39.7 Å². The molecule has 0 atom stereocenters. The minimum absolute atomic E-state index is 0.0606. The molecule has 0 bridgehead atoms. The van der Waals surface area contributed by atoms with E-state index in [9.17, 15) is 5.11 Å². The van der Waals surface area contributed by atoms with Crippen LogP contribution in [0.4, 0.5) is 0 Å². The molecule has 2 N–H and O–H groups in total. The number of hydrogen-bond donors (Lipinski definition) is 2. The van der Waals surface area contributed by atoms with Crippen molar-refractivity contribution in [3.8, 4) is 11.5 Å². The van der Waals surface area contributed by atoms with E-state index >= 15 is 0 Å². The van der Waals surface area contributed by atoms with Crippen LogP contribution in [0.1, 0.15) is 5.56 Å². The summed E-state index contributed by atoms with van der Waals surface area (Å²) in [5.74, 6) is 1.65. The van der Waals surface area contributed by atoms with Gasteiger partial charge in [-0.2, -0.15) is 0 Å². The monoisotopic (exact) mass is 265 g/mol. The van der Waals surface area contributed by atoms with Crippen molar-refractivity contribution < 1.29 is 19.3 Å². The van der Waals surface area contributed by atoms with Gasteiger partial charge in [-0.15, -0.1) is 0 Å². The first-order valence-electron chi connectivity index (χ1n) is 6.59. The predicted molar refractivity (Wildman–Crippen MR) is 69.5 cm³/mol. The van der Waals surface area contributed by atoms with Gasteiger partial charge in [0.25, 0.3) is 0 Å². The lowest BCUT2D eigenvalue weighted by atomic mass is 9.87. The van der Waals surface area contributed by atoms with Crippen LogP contribution in [0.5, 0.6) is 11.5 Å². The van der Waals surface area contributed by atoms with Crippen molar-refractivity contribution in [3.05, 3.63) is 23.8 Å². The Kier molecular flexibility index (Phi) is 3.59. The lowest BCUT2D eigenvalue weighted by Crippen LogP contribution is -2.52. The van der Waals surface area contributed by atoms with Gasteiger partial charge in [-0.3, -0.25) is 0 Å². The van der Waals surface area contributed by atoms with Crippen LogP contribution >= 0.6 is 0 Å². The van der Waals surface area contributed by atoms with Crippen molar-refractivity contribution >= 4 is 0 Å². The van der Waals surface area contributed by atoms with E-state index in [1.54, 1.807) is 0 Å². The molecule has 1 aromatic carbocycles.